The third kappa shape index (κ3) is 3.42. The second kappa shape index (κ2) is 6.30. The number of rotatable bonds is 4. The molecule has 0 bridgehead atoms. The number of benzene rings is 1. The molecule has 0 aliphatic heterocycles. The van der Waals surface area contributed by atoms with Crippen LogP contribution >= 0.6 is 27.5 Å². The average Bonchev–Trinajstić information content (AvgIpc) is 2.39. The van der Waals surface area contributed by atoms with Crippen molar-refractivity contribution in [3.05, 3.63) is 51.1 Å². The van der Waals surface area contributed by atoms with E-state index >= 15 is 0 Å². The first-order valence-electron chi connectivity index (χ1n) is 5.80. The van der Waals surface area contributed by atoms with Crippen molar-refractivity contribution in [1.29, 1.82) is 0 Å². The standard InChI is InChI=1S/C13H12BrClFN3/c1-2-17-13-9(14)7-18-11(19-13)6-8-4-3-5-10(15)12(8)16/h3-5,7H,2,6H2,1H3,(H,17,18,19). The molecular weight excluding hydrogens is 333 g/mol. The second-order valence-electron chi connectivity index (χ2n) is 3.90. The summed E-state index contributed by atoms with van der Waals surface area (Å²) in [5.74, 6) is 0.830. The highest BCUT2D eigenvalue weighted by molar-refractivity contribution is 9.10. The number of anilines is 1. The van der Waals surface area contributed by atoms with Crippen molar-refractivity contribution < 1.29 is 4.39 Å². The van der Waals surface area contributed by atoms with E-state index in [4.69, 9.17) is 11.6 Å². The summed E-state index contributed by atoms with van der Waals surface area (Å²) in [4.78, 5) is 8.53. The van der Waals surface area contributed by atoms with Crippen molar-refractivity contribution in [3.8, 4) is 0 Å². The van der Waals surface area contributed by atoms with Crippen LogP contribution in [0.1, 0.15) is 18.3 Å². The van der Waals surface area contributed by atoms with Crippen LogP contribution in [0.4, 0.5) is 10.2 Å². The minimum Gasteiger partial charge on any atom is -0.369 e. The van der Waals surface area contributed by atoms with Gasteiger partial charge in [-0.25, -0.2) is 14.4 Å². The molecule has 0 amide bonds. The van der Waals surface area contributed by atoms with Gasteiger partial charge in [0, 0.05) is 19.2 Å². The van der Waals surface area contributed by atoms with Crippen molar-refractivity contribution in [1.82, 2.24) is 9.97 Å². The van der Waals surface area contributed by atoms with Crippen LogP contribution in [-0.4, -0.2) is 16.5 Å². The number of hydrogen-bond donors (Lipinski definition) is 1. The molecule has 0 atom stereocenters. The van der Waals surface area contributed by atoms with E-state index < -0.39 is 5.82 Å². The molecule has 0 radical (unpaired) electrons. The molecule has 100 valence electrons. The first kappa shape index (κ1) is 14.2. The lowest BCUT2D eigenvalue weighted by atomic mass is 10.1. The van der Waals surface area contributed by atoms with E-state index in [-0.39, 0.29) is 5.02 Å². The second-order valence-corrected chi connectivity index (χ2v) is 5.16. The maximum absolute atomic E-state index is 13.8. The first-order valence-corrected chi connectivity index (χ1v) is 6.97. The summed E-state index contributed by atoms with van der Waals surface area (Å²) in [6.45, 7) is 2.73. The van der Waals surface area contributed by atoms with Crippen molar-refractivity contribution in [2.75, 3.05) is 11.9 Å². The molecule has 0 unspecified atom stereocenters. The summed E-state index contributed by atoms with van der Waals surface area (Å²) in [6.07, 6.45) is 1.96. The van der Waals surface area contributed by atoms with Gasteiger partial charge in [0.25, 0.3) is 0 Å². The summed E-state index contributed by atoms with van der Waals surface area (Å²) in [6, 6.07) is 4.91. The SMILES string of the molecule is CCNc1nc(Cc2cccc(Cl)c2F)ncc1Br. The third-order valence-electron chi connectivity index (χ3n) is 2.52. The molecule has 0 saturated heterocycles. The molecule has 1 N–H and O–H groups in total. The van der Waals surface area contributed by atoms with Gasteiger partial charge in [0.05, 0.1) is 9.50 Å². The molecule has 0 fully saturated rings. The molecule has 0 saturated carbocycles. The topological polar surface area (TPSA) is 37.8 Å². The van der Waals surface area contributed by atoms with Gasteiger partial charge in [0.1, 0.15) is 17.5 Å². The van der Waals surface area contributed by atoms with Gasteiger partial charge in [0.15, 0.2) is 0 Å². The van der Waals surface area contributed by atoms with Crippen LogP contribution in [0.15, 0.2) is 28.9 Å². The molecule has 1 aromatic carbocycles. The van der Waals surface area contributed by atoms with Gasteiger partial charge in [-0.3, -0.25) is 0 Å². The van der Waals surface area contributed by atoms with Gasteiger partial charge < -0.3 is 5.32 Å². The van der Waals surface area contributed by atoms with Gasteiger partial charge in [-0.1, -0.05) is 23.7 Å². The highest BCUT2D eigenvalue weighted by atomic mass is 79.9. The quantitative estimate of drug-likeness (QED) is 0.909. The van der Waals surface area contributed by atoms with Crippen molar-refractivity contribution >= 4 is 33.3 Å². The summed E-state index contributed by atoms with van der Waals surface area (Å²) >= 11 is 9.11. The number of halogens is 3. The Balaban J connectivity index is 2.28. The highest BCUT2D eigenvalue weighted by Gasteiger charge is 2.10. The van der Waals surface area contributed by atoms with Crippen LogP contribution < -0.4 is 5.32 Å². The predicted molar refractivity (Wildman–Crippen MR) is 78.1 cm³/mol. The molecule has 1 heterocycles. The normalized spacial score (nSPS) is 10.5. The molecule has 6 heteroatoms. The molecular formula is C13H12BrClFN3. The van der Waals surface area contributed by atoms with E-state index in [2.05, 4.69) is 31.2 Å². The van der Waals surface area contributed by atoms with Crippen LogP contribution in [0.3, 0.4) is 0 Å². The Morgan fingerprint density at radius 2 is 2.21 bits per heavy atom. The van der Waals surface area contributed by atoms with Gasteiger partial charge in [0.2, 0.25) is 0 Å². The Bertz CT molecular complexity index is 592. The number of aromatic nitrogens is 2. The van der Waals surface area contributed by atoms with E-state index in [9.17, 15) is 4.39 Å². The largest absolute Gasteiger partial charge is 0.369 e. The van der Waals surface area contributed by atoms with E-state index in [0.717, 1.165) is 11.0 Å². The van der Waals surface area contributed by atoms with E-state index in [1.807, 2.05) is 6.92 Å². The molecule has 1 aromatic heterocycles. The van der Waals surface area contributed by atoms with Crippen molar-refractivity contribution in [2.24, 2.45) is 0 Å². The smallest absolute Gasteiger partial charge is 0.145 e. The number of nitrogens with one attached hydrogen (secondary N) is 1. The van der Waals surface area contributed by atoms with Gasteiger partial charge >= 0.3 is 0 Å². The van der Waals surface area contributed by atoms with Crippen LogP contribution in [0.2, 0.25) is 5.02 Å². The zero-order valence-electron chi connectivity index (χ0n) is 10.3. The zero-order chi connectivity index (χ0) is 13.8. The average molecular weight is 345 g/mol. The lowest BCUT2D eigenvalue weighted by molar-refractivity contribution is 0.612. The van der Waals surface area contributed by atoms with E-state index in [1.54, 1.807) is 18.3 Å². The lowest BCUT2D eigenvalue weighted by Gasteiger charge is -2.08. The highest BCUT2D eigenvalue weighted by Crippen LogP contribution is 2.22. The summed E-state index contributed by atoms with van der Waals surface area (Å²) in [5.41, 5.74) is 0.484. The Morgan fingerprint density at radius 3 is 2.95 bits per heavy atom. The van der Waals surface area contributed by atoms with Gasteiger partial charge in [-0.2, -0.15) is 0 Å². The fourth-order valence-electron chi connectivity index (χ4n) is 1.64. The summed E-state index contributed by atoms with van der Waals surface area (Å²) in [7, 11) is 0. The zero-order valence-corrected chi connectivity index (χ0v) is 12.6. The Labute approximate surface area is 124 Å². The maximum atomic E-state index is 13.8. The third-order valence-corrected chi connectivity index (χ3v) is 3.39. The van der Waals surface area contributed by atoms with Crippen molar-refractivity contribution in [3.63, 3.8) is 0 Å². The van der Waals surface area contributed by atoms with Crippen LogP contribution in [0.25, 0.3) is 0 Å². The minimum absolute atomic E-state index is 0.113. The fraction of sp³-hybridized carbons (Fsp3) is 0.231. The summed E-state index contributed by atoms with van der Waals surface area (Å²) < 4.78 is 14.6. The molecule has 0 aliphatic rings. The number of hydrogen-bond acceptors (Lipinski definition) is 3. The number of nitrogens with zero attached hydrogens (tertiary/aromatic N) is 2. The van der Waals surface area contributed by atoms with Gasteiger partial charge in [-0.15, -0.1) is 0 Å². The van der Waals surface area contributed by atoms with E-state index in [0.29, 0.717) is 23.6 Å². The van der Waals surface area contributed by atoms with Gasteiger partial charge in [-0.05, 0) is 34.5 Å². The van der Waals surface area contributed by atoms with Crippen molar-refractivity contribution in [2.45, 2.75) is 13.3 Å². The maximum Gasteiger partial charge on any atom is 0.145 e. The fourth-order valence-corrected chi connectivity index (χ4v) is 2.16. The lowest BCUT2D eigenvalue weighted by Crippen LogP contribution is -2.05. The Kier molecular flexibility index (Phi) is 4.71. The Hall–Kier alpha value is -1.20. The van der Waals surface area contributed by atoms with E-state index in [1.165, 1.54) is 6.07 Å². The molecule has 19 heavy (non-hydrogen) atoms. The molecule has 0 spiro atoms. The van der Waals surface area contributed by atoms with Crippen LogP contribution in [0.5, 0.6) is 0 Å². The molecule has 3 nitrogen and oxygen atoms in total. The van der Waals surface area contributed by atoms with Crippen LogP contribution in [0, 0.1) is 5.82 Å². The predicted octanol–water partition coefficient (Wildman–Crippen LogP) is 4.05. The van der Waals surface area contributed by atoms with Crippen LogP contribution in [-0.2, 0) is 6.42 Å². The monoisotopic (exact) mass is 343 g/mol. The summed E-state index contributed by atoms with van der Waals surface area (Å²) in [5, 5.41) is 3.22. The molecule has 2 rings (SSSR count). The first-order chi connectivity index (χ1) is 9.11. The molecule has 0 aliphatic carbocycles. The Morgan fingerprint density at radius 1 is 1.42 bits per heavy atom. The minimum atomic E-state index is -0.416. The molecule has 2 aromatic rings.